The van der Waals surface area contributed by atoms with Gasteiger partial charge in [-0.25, -0.2) is 9.37 Å². The minimum absolute atomic E-state index is 0.266. The zero-order valence-corrected chi connectivity index (χ0v) is 20.1. The van der Waals surface area contributed by atoms with E-state index in [-0.39, 0.29) is 23.9 Å². The molecule has 1 N–H and O–H groups in total. The monoisotopic (exact) mass is 486 g/mol. The summed E-state index contributed by atoms with van der Waals surface area (Å²) in [4.78, 5) is 27.5. The van der Waals surface area contributed by atoms with Gasteiger partial charge in [-0.05, 0) is 61.4 Å². The predicted molar refractivity (Wildman–Crippen MR) is 134 cm³/mol. The number of thiazole rings is 1. The van der Waals surface area contributed by atoms with Gasteiger partial charge in [-0.2, -0.15) is 0 Å². The van der Waals surface area contributed by atoms with Gasteiger partial charge in [-0.3, -0.25) is 9.78 Å². The first-order valence-corrected chi connectivity index (χ1v) is 12.2. The summed E-state index contributed by atoms with van der Waals surface area (Å²) in [6, 6.07) is 15.7. The number of nitrogens with one attached hydrogen (secondary N) is 1. The fourth-order valence-electron chi connectivity index (χ4n) is 4.00. The average Bonchev–Trinajstić information content (AvgIpc) is 3.57. The number of hydrogen-bond donors (Lipinski definition) is 1. The Morgan fingerprint density at radius 1 is 1.14 bits per heavy atom. The van der Waals surface area contributed by atoms with Gasteiger partial charge in [0.15, 0.2) is 6.10 Å². The normalized spacial score (nSPS) is 15.9. The van der Waals surface area contributed by atoms with Crippen molar-refractivity contribution in [2.75, 3.05) is 0 Å². The summed E-state index contributed by atoms with van der Waals surface area (Å²) in [5.74, 6) is -0.623. The number of pyridine rings is 1. The molecule has 35 heavy (non-hydrogen) atoms. The summed E-state index contributed by atoms with van der Waals surface area (Å²) >= 11 is 1.47. The van der Waals surface area contributed by atoms with Crippen LogP contribution in [-0.2, 0) is 4.84 Å². The highest BCUT2D eigenvalue weighted by Crippen LogP contribution is 2.32. The molecule has 1 aliphatic heterocycles. The quantitative estimate of drug-likeness (QED) is 0.362. The number of aromatic nitrogens is 2. The molecule has 5 rings (SSSR count). The van der Waals surface area contributed by atoms with E-state index >= 15 is 0 Å². The Bertz CT molecular complexity index is 1390. The van der Waals surface area contributed by atoms with Crippen LogP contribution in [0.15, 0.2) is 76.8 Å². The minimum atomic E-state index is -0.347. The molecule has 0 saturated heterocycles. The van der Waals surface area contributed by atoms with Gasteiger partial charge in [0.1, 0.15) is 5.82 Å². The molecular formula is C27H23FN4O2S. The number of oxime groups is 1. The van der Waals surface area contributed by atoms with Gasteiger partial charge in [0.05, 0.1) is 28.7 Å². The van der Waals surface area contributed by atoms with Gasteiger partial charge in [-0.15, -0.1) is 11.3 Å². The van der Waals surface area contributed by atoms with E-state index in [9.17, 15) is 9.18 Å². The van der Waals surface area contributed by atoms with E-state index in [4.69, 9.17) is 4.84 Å². The third-order valence-corrected chi connectivity index (χ3v) is 6.50. The average molecular weight is 487 g/mol. The molecular weight excluding hydrogens is 463 g/mol. The Balaban J connectivity index is 1.49. The van der Waals surface area contributed by atoms with Crippen LogP contribution < -0.4 is 5.32 Å². The van der Waals surface area contributed by atoms with E-state index in [1.165, 1.54) is 17.4 Å². The van der Waals surface area contributed by atoms with E-state index in [2.05, 4.69) is 20.4 Å². The van der Waals surface area contributed by atoms with Gasteiger partial charge in [0, 0.05) is 34.7 Å². The highest BCUT2D eigenvalue weighted by Gasteiger charge is 2.26. The number of carbonyl (C=O) groups is 1. The molecule has 2 aromatic heterocycles. The lowest BCUT2D eigenvalue weighted by molar-refractivity contribution is 0.0826. The fraction of sp³-hybridized carbons (Fsp3) is 0.185. The number of nitrogens with zero attached hydrogens (tertiary/aromatic N) is 3. The lowest BCUT2D eigenvalue weighted by Crippen LogP contribution is -2.27. The van der Waals surface area contributed by atoms with Gasteiger partial charge in [0.2, 0.25) is 0 Å². The SMILES string of the molecule is Cc1ccc(-c2cc(C(=O)NC(C)c3cscn3)cc(C3=NOC(c4ccccn4)C3)c2)c(F)c1. The summed E-state index contributed by atoms with van der Waals surface area (Å²) in [7, 11) is 0. The summed E-state index contributed by atoms with van der Waals surface area (Å²) < 4.78 is 14.9. The second kappa shape index (κ2) is 9.76. The molecule has 4 aromatic rings. The number of rotatable bonds is 6. The second-order valence-electron chi connectivity index (χ2n) is 8.48. The van der Waals surface area contributed by atoms with Crippen molar-refractivity contribution in [3.63, 3.8) is 0 Å². The van der Waals surface area contributed by atoms with Crippen LogP contribution in [-0.4, -0.2) is 21.6 Å². The first-order valence-electron chi connectivity index (χ1n) is 11.2. The van der Waals surface area contributed by atoms with E-state index in [0.29, 0.717) is 34.4 Å². The molecule has 3 heterocycles. The zero-order valence-electron chi connectivity index (χ0n) is 19.2. The first kappa shape index (κ1) is 22.9. The predicted octanol–water partition coefficient (Wildman–Crippen LogP) is 6.01. The van der Waals surface area contributed by atoms with E-state index in [1.54, 1.807) is 29.9 Å². The van der Waals surface area contributed by atoms with Crippen molar-refractivity contribution < 1.29 is 14.0 Å². The number of carbonyl (C=O) groups excluding carboxylic acids is 1. The Kier molecular flexibility index (Phi) is 6.37. The Morgan fingerprint density at radius 3 is 2.74 bits per heavy atom. The van der Waals surface area contributed by atoms with Crippen molar-refractivity contribution in [2.24, 2.45) is 5.16 Å². The molecule has 2 unspecified atom stereocenters. The molecule has 0 bridgehead atoms. The summed E-state index contributed by atoms with van der Waals surface area (Å²) in [5.41, 5.74) is 6.91. The standard InChI is InChI=1S/C27H23FN4O2S/c1-16-6-7-21(22(28)9-16)18-10-19(24-13-26(34-32-24)23-5-3-4-8-29-23)12-20(11-18)27(33)31-17(2)25-14-35-15-30-25/h3-12,14-15,17,26H,13H2,1-2H3,(H,31,33). The van der Waals surface area contributed by atoms with Crippen LogP contribution in [0.25, 0.3) is 11.1 Å². The highest BCUT2D eigenvalue weighted by atomic mass is 32.1. The van der Waals surface area contributed by atoms with Crippen molar-refractivity contribution in [2.45, 2.75) is 32.4 Å². The lowest BCUT2D eigenvalue weighted by Gasteiger charge is -2.14. The molecule has 0 fully saturated rings. The third-order valence-electron chi connectivity index (χ3n) is 5.89. The third kappa shape index (κ3) is 4.97. The molecule has 0 saturated carbocycles. The molecule has 176 valence electrons. The van der Waals surface area contributed by atoms with Crippen LogP contribution in [0.5, 0.6) is 0 Å². The largest absolute Gasteiger partial charge is 0.385 e. The molecule has 0 aliphatic carbocycles. The number of hydrogen-bond acceptors (Lipinski definition) is 6. The molecule has 1 aliphatic rings. The van der Waals surface area contributed by atoms with Crippen molar-refractivity contribution in [1.29, 1.82) is 0 Å². The maximum absolute atomic E-state index is 14.9. The Labute approximate surface area is 206 Å². The van der Waals surface area contributed by atoms with Crippen LogP contribution in [0.3, 0.4) is 0 Å². The van der Waals surface area contributed by atoms with Crippen molar-refractivity contribution >= 4 is 23.0 Å². The van der Waals surface area contributed by atoms with Crippen molar-refractivity contribution in [3.05, 3.63) is 106 Å². The molecule has 0 radical (unpaired) electrons. The first-order chi connectivity index (χ1) is 17.0. The van der Waals surface area contributed by atoms with Crippen LogP contribution in [0.4, 0.5) is 4.39 Å². The molecule has 2 aromatic carbocycles. The van der Waals surface area contributed by atoms with E-state index in [0.717, 1.165) is 17.0 Å². The molecule has 0 spiro atoms. The molecule has 8 heteroatoms. The molecule has 1 amide bonds. The van der Waals surface area contributed by atoms with Gasteiger partial charge >= 0.3 is 0 Å². The van der Waals surface area contributed by atoms with Crippen LogP contribution in [0, 0.1) is 12.7 Å². The number of benzene rings is 2. The van der Waals surface area contributed by atoms with Gasteiger partial charge in [-0.1, -0.05) is 23.4 Å². The van der Waals surface area contributed by atoms with Crippen molar-refractivity contribution in [3.8, 4) is 11.1 Å². The topological polar surface area (TPSA) is 76.5 Å². The minimum Gasteiger partial charge on any atom is -0.385 e. The number of amides is 1. The smallest absolute Gasteiger partial charge is 0.251 e. The summed E-state index contributed by atoms with van der Waals surface area (Å²) in [6.07, 6.45) is 1.89. The summed E-state index contributed by atoms with van der Waals surface area (Å²) in [5, 5.41) is 9.16. The van der Waals surface area contributed by atoms with Crippen LogP contribution in [0.1, 0.15) is 58.4 Å². The van der Waals surface area contributed by atoms with E-state index < -0.39 is 0 Å². The van der Waals surface area contributed by atoms with Gasteiger partial charge < -0.3 is 10.2 Å². The lowest BCUT2D eigenvalue weighted by atomic mass is 9.94. The molecule has 2 atom stereocenters. The number of halogens is 1. The van der Waals surface area contributed by atoms with Crippen LogP contribution >= 0.6 is 11.3 Å². The Hall–Kier alpha value is -3.91. The molecule has 6 nitrogen and oxygen atoms in total. The highest BCUT2D eigenvalue weighted by molar-refractivity contribution is 7.07. The fourth-order valence-corrected chi connectivity index (χ4v) is 4.65. The Morgan fingerprint density at radius 2 is 2.00 bits per heavy atom. The van der Waals surface area contributed by atoms with Crippen LogP contribution in [0.2, 0.25) is 0 Å². The number of aryl methyl sites for hydroxylation is 1. The maximum Gasteiger partial charge on any atom is 0.251 e. The summed E-state index contributed by atoms with van der Waals surface area (Å²) in [6.45, 7) is 3.72. The second-order valence-corrected chi connectivity index (χ2v) is 9.20. The zero-order chi connectivity index (χ0) is 24.4. The van der Waals surface area contributed by atoms with Crippen molar-refractivity contribution in [1.82, 2.24) is 15.3 Å². The van der Waals surface area contributed by atoms with Gasteiger partial charge in [0.25, 0.3) is 5.91 Å². The maximum atomic E-state index is 14.9. The van der Waals surface area contributed by atoms with E-state index in [1.807, 2.05) is 49.6 Å².